The number of aromatic nitrogens is 1. The zero-order valence-electron chi connectivity index (χ0n) is 13.6. The third kappa shape index (κ3) is 2.98. The molecular weight excluding hydrogens is 328 g/mol. The lowest BCUT2D eigenvalue weighted by atomic mass is 10.0. The molecule has 3 nitrogen and oxygen atoms in total. The molecule has 120 valence electrons. The van der Waals surface area contributed by atoms with Crippen LogP contribution in [0.1, 0.15) is 10.6 Å². The SMILES string of the molecule is COc1ccc2cc(/C=C(\C#N)c3nc4ccccc4s3)ccc2c1. The Labute approximate surface area is 149 Å². The normalized spacial score (nSPS) is 11.6. The first-order chi connectivity index (χ1) is 12.3. The molecule has 0 saturated carbocycles. The van der Waals surface area contributed by atoms with Crippen LogP contribution in [0.2, 0.25) is 0 Å². The maximum Gasteiger partial charge on any atom is 0.135 e. The van der Waals surface area contributed by atoms with Crippen LogP contribution in [0.3, 0.4) is 0 Å². The van der Waals surface area contributed by atoms with Gasteiger partial charge in [-0.05, 0) is 52.7 Å². The number of benzene rings is 3. The van der Waals surface area contributed by atoms with Gasteiger partial charge in [0.05, 0.1) is 22.9 Å². The molecule has 0 aliphatic heterocycles. The highest BCUT2D eigenvalue weighted by atomic mass is 32.1. The summed E-state index contributed by atoms with van der Waals surface area (Å²) >= 11 is 1.54. The smallest absolute Gasteiger partial charge is 0.135 e. The number of nitriles is 1. The van der Waals surface area contributed by atoms with Gasteiger partial charge in [-0.3, -0.25) is 0 Å². The molecule has 1 heterocycles. The Balaban J connectivity index is 1.77. The van der Waals surface area contributed by atoms with E-state index in [-0.39, 0.29) is 0 Å². The third-order valence-electron chi connectivity index (χ3n) is 4.03. The first-order valence-corrected chi connectivity index (χ1v) is 8.64. The lowest BCUT2D eigenvalue weighted by Gasteiger charge is -2.03. The molecule has 0 fully saturated rings. The molecule has 0 radical (unpaired) electrons. The van der Waals surface area contributed by atoms with Crippen LogP contribution in [0, 0.1) is 11.3 Å². The van der Waals surface area contributed by atoms with E-state index in [0.717, 1.165) is 37.3 Å². The van der Waals surface area contributed by atoms with E-state index in [1.807, 2.05) is 60.7 Å². The molecule has 3 aromatic carbocycles. The maximum absolute atomic E-state index is 9.58. The quantitative estimate of drug-likeness (QED) is 0.460. The highest BCUT2D eigenvalue weighted by molar-refractivity contribution is 7.19. The van der Waals surface area contributed by atoms with Gasteiger partial charge in [0.1, 0.15) is 16.8 Å². The summed E-state index contributed by atoms with van der Waals surface area (Å²) < 4.78 is 6.35. The van der Waals surface area contributed by atoms with Gasteiger partial charge in [-0.1, -0.05) is 30.3 Å². The zero-order valence-corrected chi connectivity index (χ0v) is 14.4. The molecular formula is C21H14N2OS. The number of hydrogen-bond donors (Lipinski definition) is 0. The largest absolute Gasteiger partial charge is 0.497 e. The van der Waals surface area contributed by atoms with Crippen LogP contribution in [0.25, 0.3) is 32.6 Å². The molecule has 0 N–H and O–H groups in total. The second-order valence-electron chi connectivity index (χ2n) is 5.63. The fraction of sp³-hybridized carbons (Fsp3) is 0.0476. The van der Waals surface area contributed by atoms with E-state index < -0.39 is 0 Å². The molecule has 0 atom stereocenters. The van der Waals surface area contributed by atoms with E-state index in [0.29, 0.717) is 5.57 Å². The molecule has 0 unspecified atom stereocenters. The maximum atomic E-state index is 9.58. The van der Waals surface area contributed by atoms with Gasteiger partial charge in [0.25, 0.3) is 0 Å². The van der Waals surface area contributed by atoms with Crippen molar-refractivity contribution in [1.29, 1.82) is 5.26 Å². The molecule has 25 heavy (non-hydrogen) atoms. The minimum absolute atomic E-state index is 0.578. The van der Waals surface area contributed by atoms with Crippen LogP contribution >= 0.6 is 11.3 Å². The summed E-state index contributed by atoms with van der Waals surface area (Å²) in [5, 5.41) is 12.5. The number of allylic oxidation sites excluding steroid dienone is 1. The van der Waals surface area contributed by atoms with Gasteiger partial charge >= 0.3 is 0 Å². The molecule has 0 bridgehead atoms. The Morgan fingerprint density at radius 2 is 1.88 bits per heavy atom. The monoisotopic (exact) mass is 342 g/mol. The van der Waals surface area contributed by atoms with Gasteiger partial charge in [0, 0.05) is 0 Å². The fourth-order valence-corrected chi connectivity index (χ4v) is 3.69. The molecule has 0 amide bonds. The summed E-state index contributed by atoms with van der Waals surface area (Å²) in [6.45, 7) is 0. The predicted octanol–water partition coefficient (Wildman–Crippen LogP) is 5.52. The van der Waals surface area contributed by atoms with Crippen molar-refractivity contribution in [2.75, 3.05) is 7.11 Å². The van der Waals surface area contributed by atoms with E-state index in [4.69, 9.17) is 4.74 Å². The first kappa shape index (κ1) is 15.4. The van der Waals surface area contributed by atoms with Gasteiger partial charge in [0.15, 0.2) is 0 Å². The van der Waals surface area contributed by atoms with Gasteiger partial charge < -0.3 is 4.74 Å². The Hall–Kier alpha value is -3.16. The minimum atomic E-state index is 0.578. The Morgan fingerprint density at radius 3 is 2.68 bits per heavy atom. The Bertz CT molecular complexity index is 1120. The summed E-state index contributed by atoms with van der Waals surface area (Å²) in [6, 6.07) is 22.3. The third-order valence-corrected chi connectivity index (χ3v) is 5.10. The van der Waals surface area contributed by atoms with E-state index >= 15 is 0 Å². The summed E-state index contributed by atoms with van der Waals surface area (Å²) in [4.78, 5) is 4.58. The second-order valence-corrected chi connectivity index (χ2v) is 6.66. The van der Waals surface area contributed by atoms with Crippen molar-refractivity contribution in [3.8, 4) is 11.8 Å². The van der Waals surface area contributed by atoms with Crippen molar-refractivity contribution in [2.45, 2.75) is 0 Å². The summed E-state index contributed by atoms with van der Waals surface area (Å²) in [6.07, 6.45) is 1.89. The molecule has 1 aromatic heterocycles. The van der Waals surface area contributed by atoms with Crippen LogP contribution in [-0.4, -0.2) is 12.1 Å². The summed E-state index contributed by atoms with van der Waals surface area (Å²) in [5.41, 5.74) is 2.48. The Kier molecular flexibility index (Phi) is 3.93. The zero-order chi connectivity index (χ0) is 17.2. The lowest BCUT2D eigenvalue weighted by Crippen LogP contribution is -1.84. The van der Waals surface area contributed by atoms with Gasteiger partial charge in [-0.25, -0.2) is 4.98 Å². The van der Waals surface area contributed by atoms with Crippen LogP contribution in [0.15, 0.2) is 60.7 Å². The van der Waals surface area contributed by atoms with E-state index in [1.165, 1.54) is 11.3 Å². The molecule has 4 rings (SSSR count). The van der Waals surface area contributed by atoms with E-state index in [9.17, 15) is 5.26 Å². The number of fused-ring (bicyclic) bond motifs is 2. The molecule has 0 aliphatic rings. The van der Waals surface area contributed by atoms with Crippen LogP contribution in [0.4, 0.5) is 0 Å². The second kappa shape index (κ2) is 6.39. The van der Waals surface area contributed by atoms with Gasteiger partial charge in [0.2, 0.25) is 0 Å². The van der Waals surface area contributed by atoms with Crippen molar-refractivity contribution in [3.05, 3.63) is 71.2 Å². The predicted molar refractivity (Wildman–Crippen MR) is 104 cm³/mol. The standard InChI is InChI=1S/C21H14N2OS/c1-24-18-9-8-15-10-14(6-7-16(15)12-18)11-17(13-22)21-23-19-4-2-3-5-20(19)25-21/h2-12H,1H3/b17-11+. The topological polar surface area (TPSA) is 45.9 Å². The fourth-order valence-electron chi connectivity index (χ4n) is 2.75. The Morgan fingerprint density at radius 1 is 1.08 bits per heavy atom. The molecule has 0 spiro atoms. The minimum Gasteiger partial charge on any atom is -0.497 e. The number of para-hydroxylation sites is 1. The number of ether oxygens (including phenoxy) is 1. The number of methoxy groups -OCH3 is 1. The molecule has 0 aliphatic carbocycles. The van der Waals surface area contributed by atoms with E-state index in [1.54, 1.807) is 7.11 Å². The van der Waals surface area contributed by atoms with Crippen molar-refractivity contribution < 1.29 is 4.74 Å². The summed E-state index contributed by atoms with van der Waals surface area (Å²) in [7, 11) is 1.66. The van der Waals surface area contributed by atoms with E-state index in [2.05, 4.69) is 17.1 Å². The highest BCUT2D eigenvalue weighted by Gasteiger charge is 2.08. The van der Waals surface area contributed by atoms with Crippen LogP contribution in [-0.2, 0) is 0 Å². The lowest BCUT2D eigenvalue weighted by molar-refractivity contribution is 0.415. The number of thiazole rings is 1. The van der Waals surface area contributed by atoms with Crippen LogP contribution in [0.5, 0.6) is 5.75 Å². The molecule has 0 saturated heterocycles. The average molecular weight is 342 g/mol. The van der Waals surface area contributed by atoms with Crippen molar-refractivity contribution >= 4 is 44.0 Å². The number of nitrogens with zero attached hydrogens (tertiary/aromatic N) is 2. The first-order valence-electron chi connectivity index (χ1n) is 7.82. The summed E-state index contributed by atoms with van der Waals surface area (Å²) in [5.74, 6) is 0.836. The number of hydrogen-bond acceptors (Lipinski definition) is 4. The van der Waals surface area contributed by atoms with Crippen molar-refractivity contribution in [2.24, 2.45) is 0 Å². The highest BCUT2D eigenvalue weighted by Crippen LogP contribution is 2.29. The molecule has 4 heteroatoms. The average Bonchev–Trinajstić information content (AvgIpc) is 3.09. The van der Waals surface area contributed by atoms with Gasteiger partial charge in [-0.15, -0.1) is 11.3 Å². The van der Waals surface area contributed by atoms with Crippen LogP contribution < -0.4 is 4.74 Å². The number of rotatable bonds is 3. The van der Waals surface area contributed by atoms with Crippen molar-refractivity contribution in [1.82, 2.24) is 4.98 Å². The van der Waals surface area contributed by atoms with Gasteiger partial charge in [-0.2, -0.15) is 5.26 Å². The van der Waals surface area contributed by atoms with Crippen molar-refractivity contribution in [3.63, 3.8) is 0 Å². The molecule has 4 aromatic rings.